The van der Waals surface area contributed by atoms with Crippen LogP contribution in [0.5, 0.6) is 0 Å². The molecule has 0 unspecified atom stereocenters. The number of aryl methyl sites for hydroxylation is 2. The molecule has 0 heterocycles. The van der Waals surface area contributed by atoms with E-state index in [1.54, 1.807) is 0 Å². The van der Waals surface area contributed by atoms with Crippen molar-refractivity contribution in [3.05, 3.63) is 106 Å². The smallest absolute Gasteiger partial charge is 0.0998 e. The lowest BCUT2D eigenvalue weighted by atomic mass is 9.98. The third kappa shape index (κ3) is 4.64. The van der Waals surface area contributed by atoms with Crippen LogP contribution < -0.4 is 0 Å². The van der Waals surface area contributed by atoms with E-state index >= 15 is 0 Å². The van der Waals surface area contributed by atoms with Crippen LogP contribution in [-0.2, 0) is 0 Å². The molecule has 0 amide bonds. The summed E-state index contributed by atoms with van der Waals surface area (Å²) in [4.78, 5) is 0. The van der Waals surface area contributed by atoms with Crippen molar-refractivity contribution >= 4 is 23.3 Å². The first-order chi connectivity index (χ1) is 13.6. The second-order valence-electron chi connectivity index (χ2n) is 6.74. The minimum absolute atomic E-state index is 0.594. The lowest BCUT2D eigenvalue weighted by molar-refractivity contribution is 1.46. The molecule has 2 nitrogen and oxygen atoms in total. The fraction of sp³-hybridized carbons (Fsp3) is 0.0769. The minimum atomic E-state index is 0.594. The van der Waals surface area contributed by atoms with Crippen LogP contribution in [-0.4, -0.2) is 0 Å². The summed E-state index contributed by atoms with van der Waals surface area (Å²) in [6.45, 7) is 4.07. The Morgan fingerprint density at radius 3 is 1.18 bits per heavy atom. The molecule has 0 N–H and O–H groups in total. The molecule has 0 fully saturated rings. The van der Waals surface area contributed by atoms with E-state index in [4.69, 9.17) is 0 Å². The van der Waals surface area contributed by atoms with Gasteiger partial charge < -0.3 is 0 Å². The van der Waals surface area contributed by atoms with Gasteiger partial charge in [0.2, 0.25) is 0 Å². The summed E-state index contributed by atoms with van der Waals surface area (Å²) in [6, 6.07) is 28.2. The maximum absolute atomic E-state index is 9.56. The van der Waals surface area contributed by atoms with Crippen molar-refractivity contribution in [2.24, 2.45) is 0 Å². The normalized spacial score (nSPS) is 11.6. The van der Waals surface area contributed by atoms with E-state index in [0.717, 1.165) is 22.3 Å². The highest BCUT2D eigenvalue weighted by atomic mass is 14.3. The largest absolute Gasteiger partial charge is 0.192 e. The van der Waals surface area contributed by atoms with Crippen molar-refractivity contribution in [2.75, 3.05) is 0 Å². The maximum Gasteiger partial charge on any atom is 0.0998 e. The Labute approximate surface area is 166 Å². The van der Waals surface area contributed by atoms with Gasteiger partial charge in [-0.05, 0) is 48.3 Å². The average molecular weight is 360 g/mol. The second kappa shape index (κ2) is 8.67. The summed E-state index contributed by atoms with van der Waals surface area (Å²) < 4.78 is 0. The molecule has 0 aliphatic heterocycles. The zero-order chi connectivity index (χ0) is 19.9. The molecule has 3 aromatic rings. The highest BCUT2D eigenvalue weighted by Crippen LogP contribution is 2.23. The molecule has 0 atom stereocenters. The van der Waals surface area contributed by atoms with Crippen LogP contribution in [0, 0.1) is 36.5 Å². The Balaban J connectivity index is 1.89. The molecule has 28 heavy (non-hydrogen) atoms. The molecular formula is C26H20N2. The molecule has 0 bridgehead atoms. The molecule has 3 aromatic carbocycles. The van der Waals surface area contributed by atoms with Crippen molar-refractivity contribution in [3.8, 4) is 12.1 Å². The monoisotopic (exact) mass is 360 g/mol. The lowest BCUT2D eigenvalue weighted by Crippen LogP contribution is -1.86. The van der Waals surface area contributed by atoms with Gasteiger partial charge in [-0.1, -0.05) is 83.9 Å². The molecule has 0 aromatic heterocycles. The molecule has 2 heteroatoms. The lowest BCUT2D eigenvalue weighted by Gasteiger charge is -2.04. The van der Waals surface area contributed by atoms with Crippen LogP contribution in [0.25, 0.3) is 23.3 Å². The molecule has 0 saturated heterocycles. The molecular weight excluding hydrogens is 340 g/mol. The predicted molar refractivity (Wildman–Crippen MR) is 116 cm³/mol. The Morgan fingerprint density at radius 1 is 0.571 bits per heavy atom. The topological polar surface area (TPSA) is 47.6 Å². The zero-order valence-corrected chi connectivity index (χ0v) is 16.0. The van der Waals surface area contributed by atoms with Gasteiger partial charge in [0.1, 0.15) is 0 Å². The molecule has 0 aliphatic rings. The summed E-state index contributed by atoms with van der Waals surface area (Å²) >= 11 is 0. The van der Waals surface area contributed by atoms with Crippen LogP contribution in [0.3, 0.4) is 0 Å². The molecule has 0 aliphatic carbocycles. The molecule has 134 valence electrons. The van der Waals surface area contributed by atoms with Crippen molar-refractivity contribution < 1.29 is 0 Å². The number of benzene rings is 3. The fourth-order valence-corrected chi connectivity index (χ4v) is 2.85. The zero-order valence-electron chi connectivity index (χ0n) is 16.0. The van der Waals surface area contributed by atoms with Gasteiger partial charge in [0.05, 0.1) is 23.3 Å². The summed E-state index contributed by atoms with van der Waals surface area (Å²) in [5, 5.41) is 19.1. The number of nitrogens with zero attached hydrogens (tertiary/aromatic N) is 2. The van der Waals surface area contributed by atoms with E-state index in [-0.39, 0.29) is 0 Å². The summed E-state index contributed by atoms with van der Waals surface area (Å²) in [7, 11) is 0. The van der Waals surface area contributed by atoms with Crippen molar-refractivity contribution in [1.29, 1.82) is 10.5 Å². The fourth-order valence-electron chi connectivity index (χ4n) is 2.85. The van der Waals surface area contributed by atoms with Crippen molar-refractivity contribution in [3.63, 3.8) is 0 Å². The summed E-state index contributed by atoms with van der Waals surface area (Å²) in [6.07, 6.45) is 3.75. The number of hydrogen-bond acceptors (Lipinski definition) is 2. The minimum Gasteiger partial charge on any atom is -0.192 e. The Bertz CT molecular complexity index is 1010. The quantitative estimate of drug-likeness (QED) is 0.397. The SMILES string of the molecule is Cc1ccc(/C=C(\C#N)c2ccc(/C(C#N)=C/c3ccc(C)cc3)cc2)cc1. The van der Waals surface area contributed by atoms with Crippen LogP contribution >= 0.6 is 0 Å². The Morgan fingerprint density at radius 2 is 0.893 bits per heavy atom. The Kier molecular flexibility index (Phi) is 5.85. The number of rotatable bonds is 4. The maximum atomic E-state index is 9.56. The third-order valence-corrected chi connectivity index (χ3v) is 4.52. The van der Waals surface area contributed by atoms with E-state index in [2.05, 4.69) is 12.1 Å². The first-order valence-corrected chi connectivity index (χ1v) is 9.07. The van der Waals surface area contributed by atoms with Crippen LogP contribution in [0.2, 0.25) is 0 Å². The summed E-state index contributed by atoms with van der Waals surface area (Å²) in [5.74, 6) is 0. The van der Waals surface area contributed by atoms with Gasteiger partial charge in [0.25, 0.3) is 0 Å². The molecule has 3 rings (SSSR count). The Hall–Kier alpha value is -3.88. The summed E-state index contributed by atoms with van der Waals surface area (Å²) in [5.41, 5.74) is 7.20. The number of allylic oxidation sites excluding steroid dienone is 2. The second-order valence-corrected chi connectivity index (χ2v) is 6.74. The first kappa shape index (κ1) is 18.9. The van der Waals surface area contributed by atoms with E-state index in [1.807, 2.05) is 98.8 Å². The third-order valence-electron chi connectivity index (χ3n) is 4.52. The van der Waals surface area contributed by atoms with E-state index in [9.17, 15) is 10.5 Å². The molecule has 0 spiro atoms. The van der Waals surface area contributed by atoms with E-state index < -0.39 is 0 Å². The molecule has 0 saturated carbocycles. The highest BCUT2D eigenvalue weighted by Gasteiger charge is 2.05. The van der Waals surface area contributed by atoms with Crippen LogP contribution in [0.15, 0.2) is 72.8 Å². The predicted octanol–water partition coefficient (Wildman–Crippen LogP) is 6.43. The molecule has 0 radical (unpaired) electrons. The number of nitriles is 2. The van der Waals surface area contributed by atoms with Gasteiger partial charge in [0, 0.05) is 0 Å². The van der Waals surface area contributed by atoms with Gasteiger partial charge in [-0.3, -0.25) is 0 Å². The van der Waals surface area contributed by atoms with E-state index in [0.29, 0.717) is 11.1 Å². The van der Waals surface area contributed by atoms with Gasteiger partial charge in [-0.2, -0.15) is 10.5 Å². The number of hydrogen-bond donors (Lipinski definition) is 0. The van der Waals surface area contributed by atoms with Gasteiger partial charge >= 0.3 is 0 Å². The standard InChI is InChI=1S/C26H20N2/c1-19-3-7-21(8-4-19)15-25(17-27)23-11-13-24(14-12-23)26(18-28)16-22-9-5-20(2)6-10-22/h3-16H,1-2H3/b25-15+,26-16+. The van der Waals surface area contributed by atoms with Crippen LogP contribution in [0.1, 0.15) is 33.4 Å². The van der Waals surface area contributed by atoms with Crippen LogP contribution in [0.4, 0.5) is 0 Å². The van der Waals surface area contributed by atoms with Crippen molar-refractivity contribution in [1.82, 2.24) is 0 Å². The van der Waals surface area contributed by atoms with Gasteiger partial charge in [-0.25, -0.2) is 0 Å². The van der Waals surface area contributed by atoms with Gasteiger partial charge in [-0.15, -0.1) is 0 Å². The van der Waals surface area contributed by atoms with Gasteiger partial charge in [0.15, 0.2) is 0 Å². The highest BCUT2D eigenvalue weighted by molar-refractivity contribution is 5.92. The van der Waals surface area contributed by atoms with Crippen molar-refractivity contribution in [2.45, 2.75) is 13.8 Å². The first-order valence-electron chi connectivity index (χ1n) is 9.07. The van der Waals surface area contributed by atoms with E-state index in [1.165, 1.54) is 11.1 Å². The average Bonchev–Trinajstić information content (AvgIpc) is 2.73.